The van der Waals surface area contributed by atoms with Crippen molar-refractivity contribution < 1.29 is 23.9 Å². The number of hydrogen-bond acceptors (Lipinski definition) is 5. The third kappa shape index (κ3) is 14.8. The molecule has 0 spiro atoms. The molecule has 0 atom stereocenters. The molecule has 0 radical (unpaired) electrons. The molecule has 0 bridgehead atoms. The molecule has 0 aliphatic carbocycles. The van der Waals surface area contributed by atoms with Crippen molar-refractivity contribution in [3.63, 3.8) is 0 Å². The summed E-state index contributed by atoms with van der Waals surface area (Å²) in [7, 11) is 0. The number of ether oxygens (including phenoxy) is 2. The summed E-state index contributed by atoms with van der Waals surface area (Å²) in [4.78, 5) is 36.8. The fraction of sp³-hybridized carbons (Fsp3) is 0.815. The molecule has 0 aliphatic rings. The molecule has 192 valence electrons. The molecule has 0 saturated carbocycles. The normalized spacial score (nSPS) is 11.5. The number of amides is 1. The number of unbranched alkanes of at least 4 members (excludes halogenated alkanes) is 12. The summed E-state index contributed by atoms with van der Waals surface area (Å²) >= 11 is 0. The van der Waals surface area contributed by atoms with Crippen molar-refractivity contribution in [3.05, 3.63) is 12.2 Å². The molecule has 1 amide bonds. The van der Waals surface area contributed by atoms with Crippen molar-refractivity contribution in [1.29, 1.82) is 0 Å². The molecule has 0 fully saturated rings. The lowest BCUT2D eigenvalue weighted by Gasteiger charge is -2.29. The van der Waals surface area contributed by atoms with Crippen LogP contribution in [0.25, 0.3) is 0 Å². The molecular weight excluding hydrogens is 418 g/mol. The minimum Gasteiger partial charge on any atom is -0.464 e. The molecule has 0 aromatic rings. The summed E-state index contributed by atoms with van der Waals surface area (Å²) in [5, 5.41) is 2.52. The van der Waals surface area contributed by atoms with Crippen LogP contribution in [0.1, 0.15) is 124 Å². The van der Waals surface area contributed by atoms with Crippen LogP contribution in [0.3, 0.4) is 0 Å². The summed E-state index contributed by atoms with van der Waals surface area (Å²) in [5.41, 5.74) is -1.75. The maximum absolute atomic E-state index is 12.6. The van der Waals surface area contributed by atoms with Crippen molar-refractivity contribution >= 4 is 17.8 Å². The Labute approximate surface area is 202 Å². The van der Waals surface area contributed by atoms with Gasteiger partial charge in [0.25, 0.3) is 0 Å². The number of rotatable bonds is 21. The SMILES string of the molecule is CCCCCCCCC=CCCCCCCCCC(NC(C)=O)(C(=O)OCC)C(=O)OCC. The van der Waals surface area contributed by atoms with Crippen molar-refractivity contribution in [1.82, 2.24) is 5.32 Å². The highest BCUT2D eigenvalue weighted by Gasteiger charge is 2.49. The first-order valence-corrected chi connectivity index (χ1v) is 13.2. The van der Waals surface area contributed by atoms with E-state index >= 15 is 0 Å². The van der Waals surface area contributed by atoms with Gasteiger partial charge in [0.15, 0.2) is 0 Å². The zero-order chi connectivity index (χ0) is 24.8. The van der Waals surface area contributed by atoms with Gasteiger partial charge in [-0.25, -0.2) is 9.59 Å². The highest BCUT2D eigenvalue weighted by atomic mass is 16.6. The maximum atomic E-state index is 12.6. The van der Waals surface area contributed by atoms with Gasteiger partial charge >= 0.3 is 11.9 Å². The molecule has 33 heavy (non-hydrogen) atoms. The van der Waals surface area contributed by atoms with Crippen LogP contribution in [-0.2, 0) is 23.9 Å². The molecule has 6 nitrogen and oxygen atoms in total. The third-order valence-corrected chi connectivity index (χ3v) is 5.70. The van der Waals surface area contributed by atoms with E-state index in [1.165, 1.54) is 64.7 Å². The smallest absolute Gasteiger partial charge is 0.343 e. The number of carbonyl (C=O) groups excluding carboxylic acids is 3. The Hall–Kier alpha value is -1.85. The van der Waals surface area contributed by atoms with E-state index in [1.54, 1.807) is 13.8 Å². The highest BCUT2D eigenvalue weighted by molar-refractivity contribution is 6.07. The standard InChI is InChI=1S/C27H49NO5/c1-5-8-9-10-11-12-13-14-15-16-17-18-19-20-21-22-23-27(28-24(4)29,25(30)32-6-2)26(31)33-7-3/h14-15H,5-13,16-23H2,1-4H3,(H,28,29). The van der Waals surface area contributed by atoms with E-state index in [4.69, 9.17) is 9.47 Å². The van der Waals surface area contributed by atoms with Crippen LogP contribution in [0.4, 0.5) is 0 Å². The van der Waals surface area contributed by atoms with E-state index in [-0.39, 0.29) is 19.6 Å². The third-order valence-electron chi connectivity index (χ3n) is 5.70. The van der Waals surface area contributed by atoms with Gasteiger partial charge in [-0.15, -0.1) is 0 Å². The molecule has 0 aromatic heterocycles. The van der Waals surface area contributed by atoms with Crippen LogP contribution >= 0.6 is 0 Å². The fourth-order valence-corrected chi connectivity index (χ4v) is 3.90. The van der Waals surface area contributed by atoms with Crippen LogP contribution < -0.4 is 5.32 Å². The molecule has 0 rings (SSSR count). The Morgan fingerprint density at radius 1 is 0.667 bits per heavy atom. The van der Waals surface area contributed by atoms with Gasteiger partial charge in [0, 0.05) is 6.92 Å². The zero-order valence-corrected chi connectivity index (χ0v) is 21.7. The number of hydrogen-bond donors (Lipinski definition) is 1. The minimum absolute atomic E-state index is 0.132. The second-order valence-electron chi connectivity index (χ2n) is 8.72. The fourth-order valence-electron chi connectivity index (χ4n) is 3.90. The Bertz CT molecular complexity index is 541. The lowest BCUT2D eigenvalue weighted by atomic mass is 9.91. The number of carbonyl (C=O) groups is 3. The average molecular weight is 468 g/mol. The van der Waals surface area contributed by atoms with Gasteiger partial charge < -0.3 is 14.8 Å². The van der Waals surface area contributed by atoms with Crippen LogP contribution in [0.2, 0.25) is 0 Å². The van der Waals surface area contributed by atoms with Crippen molar-refractivity contribution in [2.75, 3.05) is 13.2 Å². The Balaban J connectivity index is 4.16. The largest absolute Gasteiger partial charge is 0.464 e. The van der Waals surface area contributed by atoms with Crippen LogP contribution in [0.5, 0.6) is 0 Å². The molecular formula is C27H49NO5. The lowest BCUT2D eigenvalue weighted by Crippen LogP contribution is -2.61. The van der Waals surface area contributed by atoms with E-state index in [0.29, 0.717) is 6.42 Å². The average Bonchev–Trinajstić information content (AvgIpc) is 2.78. The van der Waals surface area contributed by atoms with E-state index in [2.05, 4.69) is 24.4 Å². The van der Waals surface area contributed by atoms with E-state index in [0.717, 1.165) is 25.7 Å². The monoisotopic (exact) mass is 467 g/mol. The molecule has 0 heterocycles. The Morgan fingerprint density at radius 2 is 1.09 bits per heavy atom. The first-order valence-electron chi connectivity index (χ1n) is 13.2. The van der Waals surface area contributed by atoms with Gasteiger partial charge in [-0.3, -0.25) is 4.79 Å². The van der Waals surface area contributed by atoms with Crippen molar-refractivity contribution in [2.24, 2.45) is 0 Å². The quantitative estimate of drug-likeness (QED) is 0.0912. The summed E-state index contributed by atoms with van der Waals surface area (Å²) in [6, 6.07) is 0. The Kier molecular flexibility index (Phi) is 19.6. The lowest BCUT2D eigenvalue weighted by molar-refractivity contribution is -0.168. The predicted octanol–water partition coefficient (Wildman–Crippen LogP) is 6.42. The van der Waals surface area contributed by atoms with E-state index < -0.39 is 23.4 Å². The van der Waals surface area contributed by atoms with Crippen molar-refractivity contribution in [3.8, 4) is 0 Å². The van der Waals surface area contributed by atoms with E-state index in [9.17, 15) is 14.4 Å². The summed E-state index contributed by atoms with van der Waals surface area (Å²) in [5.74, 6) is -1.95. The Morgan fingerprint density at radius 3 is 1.52 bits per heavy atom. The number of allylic oxidation sites excluding steroid dienone is 2. The summed E-state index contributed by atoms with van der Waals surface area (Å²) < 4.78 is 10.2. The molecule has 0 aliphatic heterocycles. The van der Waals surface area contributed by atoms with Gasteiger partial charge in [0.2, 0.25) is 11.4 Å². The predicted molar refractivity (Wildman–Crippen MR) is 134 cm³/mol. The molecule has 0 unspecified atom stereocenters. The van der Waals surface area contributed by atoms with Gasteiger partial charge in [-0.1, -0.05) is 76.9 Å². The zero-order valence-electron chi connectivity index (χ0n) is 21.7. The van der Waals surface area contributed by atoms with Gasteiger partial charge in [-0.2, -0.15) is 0 Å². The van der Waals surface area contributed by atoms with Gasteiger partial charge in [-0.05, 0) is 52.4 Å². The van der Waals surface area contributed by atoms with Gasteiger partial charge in [0.05, 0.1) is 13.2 Å². The number of nitrogens with one attached hydrogen (secondary N) is 1. The first-order chi connectivity index (χ1) is 15.9. The summed E-state index contributed by atoms with van der Waals surface area (Å²) in [6.07, 6.45) is 21.3. The van der Waals surface area contributed by atoms with Gasteiger partial charge in [0.1, 0.15) is 0 Å². The molecule has 0 saturated heterocycles. The molecule has 1 N–H and O–H groups in total. The summed E-state index contributed by atoms with van der Waals surface area (Å²) in [6.45, 7) is 7.14. The molecule has 0 aromatic carbocycles. The second-order valence-corrected chi connectivity index (χ2v) is 8.72. The second kappa shape index (κ2) is 20.7. The van der Waals surface area contributed by atoms with Crippen LogP contribution in [0.15, 0.2) is 12.2 Å². The topological polar surface area (TPSA) is 81.7 Å². The van der Waals surface area contributed by atoms with Crippen LogP contribution in [0, 0.1) is 0 Å². The van der Waals surface area contributed by atoms with Crippen molar-refractivity contribution in [2.45, 2.75) is 130 Å². The van der Waals surface area contributed by atoms with E-state index in [1.807, 2.05) is 0 Å². The minimum atomic E-state index is -1.75. The van der Waals surface area contributed by atoms with Crippen LogP contribution in [-0.4, -0.2) is 36.6 Å². The maximum Gasteiger partial charge on any atom is 0.343 e. The highest BCUT2D eigenvalue weighted by Crippen LogP contribution is 2.21. The first kappa shape index (κ1) is 31.1. The molecule has 6 heteroatoms. The number of esters is 2.